The number of hydrogen-bond donors (Lipinski definition) is 1. The van der Waals surface area contributed by atoms with E-state index in [0.29, 0.717) is 12.8 Å². The van der Waals surface area contributed by atoms with Crippen molar-refractivity contribution in [1.29, 1.82) is 0 Å². The van der Waals surface area contributed by atoms with E-state index < -0.39 is 29.6 Å². The monoisotopic (exact) mass is 240 g/mol. The van der Waals surface area contributed by atoms with E-state index in [1.54, 1.807) is 0 Å². The summed E-state index contributed by atoms with van der Waals surface area (Å²) in [5.41, 5.74) is -2.12. The quantitative estimate of drug-likeness (QED) is 0.412. The topological polar surface area (TPSA) is 72.8 Å². The number of hydrogen-bond acceptors (Lipinski definition) is 5. The van der Waals surface area contributed by atoms with Gasteiger partial charge in [0.2, 0.25) is 0 Å². The van der Waals surface area contributed by atoms with Gasteiger partial charge in [-0.15, -0.1) is 0 Å². The highest BCUT2D eigenvalue weighted by Gasteiger charge is 2.61. The molecule has 0 unspecified atom stereocenters. The Balaban J connectivity index is 2.29. The van der Waals surface area contributed by atoms with Crippen LogP contribution in [-0.4, -0.2) is 35.9 Å². The summed E-state index contributed by atoms with van der Waals surface area (Å²) in [4.78, 5) is 23.3. The zero-order valence-electron chi connectivity index (χ0n) is 9.72. The molecule has 0 bridgehead atoms. The number of allylic oxidation sites excluding steroid dienone is 2. The molecule has 1 heterocycles. The summed E-state index contributed by atoms with van der Waals surface area (Å²) in [7, 11) is 1.16. The van der Waals surface area contributed by atoms with Crippen molar-refractivity contribution in [2.75, 3.05) is 7.11 Å². The third kappa shape index (κ3) is 1.84. The summed E-state index contributed by atoms with van der Waals surface area (Å²) in [5.74, 6) is -2.30. The van der Waals surface area contributed by atoms with E-state index in [0.717, 1.165) is 20.0 Å². The Bertz CT molecular complexity index is 362. The van der Waals surface area contributed by atoms with Crippen LogP contribution < -0.4 is 0 Å². The zero-order valence-corrected chi connectivity index (χ0v) is 9.72. The van der Waals surface area contributed by atoms with E-state index in [2.05, 4.69) is 4.74 Å². The predicted molar refractivity (Wildman–Crippen MR) is 57.9 cm³/mol. The lowest BCUT2D eigenvalue weighted by atomic mass is 9.80. The van der Waals surface area contributed by atoms with Gasteiger partial charge in [0.05, 0.1) is 7.11 Å². The average Bonchev–Trinajstić information content (AvgIpc) is 2.52. The maximum atomic E-state index is 11.7. The van der Waals surface area contributed by atoms with Gasteiger partial charge >= 0.3 is 11.9 Å². The molecule has 5 nitrogen and oxygen atoms in total. The van der Waals surface area contributed by atoms with Crippen molar-refractivity contribution in [2.45, 2.75) is 37.4 Å². The Hall–Kier alpha value is -1.36. The first-order chi connectivity index (χ1) is 8.10. The van der Waals surface area contributed by atoms with E-state index in [1.165, 1.54) is 0 Å². The van der Waals surface area contributed by atoms with Gasteiger partial charge < -0.3 is 14.6 Å². The number of esters is 2. The van der Waals surface area contributed by atoms with Crippen molar-refractivity contribution in [3.63, 3.8) is 0 Å². The van der Waals surface area contributed by atoms with Crippen LogP contribution in [0, 0.1) is 5.92 Å². The molecule has 0 amide bonds. The minimum absolute atomic E-state index is 0.392. The Morgan fingerprint density at radius 3 is 2.76 bits per heavy atom. The fourth-order valence-electron chi connectivity index (χ4n) is 2.55. The standard InChI is InChI=1S/C12H16O5/c1-16-10(13)12(15)8-6-4-2-3-5-7-9(8)17-11(12)14/h2-3,8-9,15H,4-7H2,1H3/b3-2-/t8-,9-,12-/m1/s1. The molecule has 0 spiro atoms. The number of rotatable bonds is 1. The Kier molecular flexibility index (Phi) is 3.19. The van der Waals surface area contributed by atoms with E-state index >= 15 is 0 Å². The normalized spacial score (nSPS) is 38.6. The first-order valence-corrected chi connectivity index (χ1v) is 5.77. The van der Waals surface area contributed by atoms with Crippen LogP contribution in [0.3, 0.4) is 0 Å². The Morgan fingerprint density at radius 2 is 2.12 bits per heavy atom. The largest absolute Gasteiger partial charge is 0.466 e. The van der Waals surface area contributed by atoms with Gasteiger partial charge in [0.25, 0.3) is 5.60 Å². The molecule has 17 heavy (non-hydrogen) atoms. The van der Waals surface area contributed by atoms with E-state index in [4.69, 9.17) is 4.74 Å². The molecule has 3 atom stereocenters. The lowest BCUT2D eigenvalue weighted by molar-refractivity contribution is -0.175. The van der Waals surface area contributed by atoms with E-state index in [9.17, 15) is 14.7 Å². The summed E-state index contributed by atoms with van der Waals surface area (Å²) in [6, 6.07) is 0. The SMILES string of the molecule is COC(=O)[C@@]1(O)C(=O)O[C@@H]2CC/C=C\CC[C@H]21. The van der Waals surface area contributed by atoms with Crippen LogP contribution in [-0.2, 0) is 19.1 Å². The van der Waals surface area contributed by atoms with Crippen LogP contribution >= 0.6 is 0 Å². The molecule has 0 saturated carbocycles. The zero-order chi connectivity index (χ0) is 12.5. The van der Waals surface area contributed by atoms with Crippen LogP contribution in [0.1, 0.15) is 25.7 Å². The van der Waals surface area contributed by atoms with Crippen molar-refractivity contribution < 1.29 is 24.2 Å². The molecule has 94 valence electrons. The molecule has 0 aromatic carbocycles. The Labute approximate surface area is 99.4 Å². The van der Waals surface area contributed by atoms with Gasteiger partial charge in [-0.05, 0) is 25.7 Å². The lowest BCUT2D eigenvalue weighted by Crippen LogP contribution is -2.50. The molecule has 2 aliphatic rings. The molecule has 0 aromatic rings. The minimum Gasteiger partial charge on any atom is -0.466 e. The summed E-state index contributed by atoms with van der Waals surface area (Å²) in [5, 5.41) is 10.3. The van der Waals surface area contributed by atoms with Crippen LogP contribution in [0.2, 0.25) is 0 Å². The van der Waals surface area contributed by atoms with Gasteiger partial charge in [0.15, 0.2) is 0 Å². The van der Waals surface area contributed by atoms with Gasteiger partial charge in [0.1, 0.15) is 6.10 Å². The fraction of sp³-hybridized carbons (Fsp3) is 0.667. The molecule has 1 saturated heterocycles. The second-order valence-corrected chi connectivity index (χ2v) is 4.43. The first kappa shape index (κ1) is 12.1. The molecular weight excluding hydrogens is 224 g/mol. The van der Waals surface area contributed by atoms with Gasteiger partial charge in [-0.1, -0.05) is 12.2 Å². The highest BCUT2D eigenvalue weighted by molar-refractivity contribution is 6.05. The third-order valence-electron chi connectivity index (χ3n) is 3.48. The van der Waals surface area contributed by atoms with Crippen LogP contribution in [0.5, 0.6) is 0 Å². The highest BCUT2D eigenvalue weighted by atomic mass is 16.6. The lowest BCUT2D eigenvalue weighted by Gasteiger charge is -2.25. The highest BCUT2D eigenvalue weighted by Crippen LogP contribution is 2.39. The van der Waals surface area contributed by atoms with E-state index in [-0.39, 0.29) is 0 Å². The predicted octanol–water partition coefficient (Wildman–Crippen LogP) is 0.562. The molecular formula is C12H16O5. The number of aliphatic hydroxyl groups is 1. The number of carbonyl (C=O) groups excluding carboxylic acids is 2. The maximum absolute atomic E-state index is 11.7. The molecule has 0 radical (unpaired) electrons. The van der Waals surface area contributed by atoms with Crippen LogP contribution in [0.4, 0.5) is 0 Å². The molecule has 1 fully saturated rings. The average molecular weight is 240 g/mol. The van der Waals surface area contributed by atoms with Crippen molar-refractivity contribution in [3.8, 4) is 0 Å². The summed E-state index contributed by atoms with van der Waals surface area (Å²) in [6.45, 7) is 0. The number of fused-ring (bicyclic) bond motifs is 1. The Morgan fingerprint density at radius 1 is 1.47 bits per heavy atom. The van der Waals surface area contributed by atoms with Crippen LogP contribution in [0.15, 0.2) is 12.2 Å². The van der Waals surface area contributed by atoms with Gasteiger partial charge in [-0.25, -0.2) is 9.59 Å². The van der Waals surface area contributed by atoms with Gasteiger partial charge in [-0.2, -0.15) is 0 Å². The number of methoxy groups -OCH3 is 1. The van der Waals surface area contributed by atoms with Crippen molar-refractivity contribution in [3.05, 3.63) is 12.2 Å². The molecule has 2 rings (SSSR count). The second kappa shape index (κ2) is 4.49. The fourth-order valence-corrected chi connectivity index (χ4v) is 2.55. The number of carbonyl (C=O) groups is 2. The van der Waals surface area contributed by atoms with Crippen molar-refractivity contribution in [2.24, 2.45) is 5.92 Å². The van der Waals surface area contributed by atoms with Gasteiger partial charge in [0, 0.05) is 5.92 Å². The summed E-state index contributed by atoms with van der Waals surface area (Å²) in [6.07, 6.45) is 6.31. The third-order valence-corrected chi connectivity index (χ3v) is 3.48. The molecule has 0 aromatic heterocycles. The van der Waals surface area contributed by atoms with Crippen molar-refractivity contribution in [1.82, 2.24) is 0 Å². The maximum Gasteiger partial charge on any atom is 0.350 e. The molecule has 5 heteroatoms. The van der Waals surface area contributed by atoms with Gasteiger partial charge in [-0.3, -0.25) is 0 Å². The number of ether oxygens (including phenoxy) is 2. The summed E-state index contributed by atoms with van der Waals surface area (Å²) < 4.78 is 9.64. The second-order valence-electron chi connectivity index (χ2n) is 4.43. The first-order valence-electron chi connectivity index (χ1n) is 5.77. The van der Waals surface area contributed by atoms with E-state index in [1.807, 2.05) is 12.2 Å². The molecule has 1 N–H and O–H groups in total. The van der Waals surface area contributed by atoms with Crippen LogP contribution in [0.25, 0.3) is 0 Å². The summed E-state index contributed by atoms with van der Waals surface area (Å²) >= 11 is 0. The smallest absolute Gasteiger partial charge is 0.350 e. The molecule has 1 aliphatic heterocycles. The van der Waals surface area contributed by atoms with Crippen molar-refractivity contribution >= 4 is 11.9 Å². The molecule has 1 aliphatic carbocycles. The minimum atomic E-state index is -2.12.